The lowest BCUT2D eigenvalue weighted by Gasteiger charge is -2.16. The summed E-state index contributed by atoms with van der Waals surface area (Å²) >= 11 is 0. The zero-order chi connectivity index (χ0) is 17.5. The van der Waals surface area contributed by atoms with E-state index in [9.17, 15) is 14.7 Å². The highest BCUT2D eigenvalue weighted by Gasteiger charge is 2.20. The van der Waals surface area contributed by atoms with Crippen LogP contribution in [0.2, 0.25) is 0 Å². The molecular formula is C20H23NO3. The molecule has 0 unspecified atom stereocenters. The van der Waals surface area contributed by atoms with Crippen LogP contribution in [0.4, 0.5) is 0 Å². The molecule has 0 aromatic heterocycles. The molecule has 2 rings (SSSR count). The summed E-state index contributed by atoms with van der Waals surface area (Å²) in [5.41, 5.74) is 3.08. The van der Waals surface area contributed by atoms with Gasteiger partial charge in [0.1, 0.15) is 6.04 Å². The number of hydrogen-bond acceptors (Lipinski definition) is 2. The second-order valence-corrected chi connectivity index (χ2v) is 6.32. The van der Waals surface area contributed by atoms with E-state index in [0.717, 1.165) is 16.7 Å². The number of rotatable bonds is 7. The molecule has 0 saturated heterocycles. The van der Waals surface area contributed by atoms with Gasteiger partial charge in [0.25, 0.3) is 0 Å². The maximum absolute atomic E-state index is 11.8. The topological polar surface area (TPSA) is 66.4 Å². The number of carbonyl (C=O) groups is 2. The summed E-state index contributed by atoms with van der Waals surface area (Å²) in [5, 5.41) is 11.9. The molecule has 0 fully saturated rings. The first-order valence-corrected chi connectivity index (χ1v) is 8.12. The summed E-state index contributed by atoms with van der Waals surface area (Å²) in [7, 11) is 0. The Morgan fingerprint density at radius 3 is 2.08 bits per heavy atom. The van der Waals surface area contributed by atoms with Crippen LogP contribution in [0.3, 0.4) is 0 Å². The Balaban J connectivity index is 2.04. The molecular weight excluding hydrogens is 302 g/mol. The molecule has 0 saturated carbocycles. The van der Waals surface area contributed by atoms with Crippen LogP contribution < -0.4 is 5.32 Å². The fourth-order valence-electron chi connectivity index (χ4n) is 2.52. The molecule has 126 valence electrons. The number of carbonyl (C=O) groups excluding carboxylic acids is 1. The fraction of sp³-hybridized carbons (Fsp3) is 0.300. The SMILES string of the molecule is CC(C)CC(=O)N[C@@H](Cc1ccc(-c2ccccc2)cc1)C(=O)O. The number of carboxylic acids is 1. The van der Waals surface area contributed by atoms with Gasteiger partial charge in [-0.2, -0.15) is 0 Å². The van der Waals surface area contributed by atoms with Gasteiger partial charge < -0.3 is 10.4 Å². The largest absolute Gasteiger partial charge is 0.480 e. The maximum Gasteiger partial charge on any atom is 0.326 e. The first-order chi connectivity index (χ1) is 11.5. The molecule has 2 aromatic carbocycles. The van der Waals surface area contributed by atoms with Crippen molar-refractivity contribution in [1.29, 1.82) is 0 Å². The van der Waals surface area contributed by atoms with E-state index < -0.39 is 12.0 Å². The van der Waals surface area contributed by atoms with E-state index in [1.807, 2.05) is 68.4 Å². The summed E-state index contributed by atoms with van der Waals surface area (Å²) in [5.74, 6) is -1.04. The van der Waals surface area contributed by atoms with Crippen molar-refractivity contribution in [3.8, 4) is 11.1 Å². The molecule has 2 aromatic rings. The van der Waals surface area contributed by atoms with Crippen molar-refractivity contribution in [2.75, 3.05) is 0 Å². The average molecular weight is 325 g/mol. The van der Waals surface area contributed by atoms with Gasteiger partial charge in [-0.3, -0.25) is 4.79 Å². The van der Waals surface area contributed by atoms with Crippen LogP contribution >= 0.6 is 0 Å². The van der Waals surface area contributed by atoms with Crippen molar-refractivity contribution in [2.24, 2.45) is 5.92 Å². The lowest BCUT2D eigenvalue weighted by Crippen LogP contribution is -2.42. The van der Waals surface area contributed by atoms with Gasteiger partial charge in [-0.25, -0.2) is 4.79 Å². The minimum Gasteiger partial charge on any atom is -0.480 e. The van der Waals surface area contributed by atoms with E-state index in [1.54, 1.807) is 0 Å². The predicted octanol–water partition coefficient (Wildman–Crippen LogP) is 3.51. The molecule has 0 spiro atoms. The molecule has 0 aliphatic carbocycles. The molecule has 2 N–H and O–H groups in total. The highest BCUT2D eigenvalue weighted by Crippen LogP contribution is 2.19. The third kappa shape index (κ3) is 5.23. The Kier molecular flexibility index (Phi) is 6.13. The molecule has 4 nitrogen and oxygen atoms in total. The quantitative estimate of drug-likeness (QED) is 0.818. The summed E-state index contributed by atoms with van der Waals surface area (Å²) in [6.45, 7) is 3.86. The van der Waals surface area contributed by atoms with Gasteiger partial charge >= 0.3 is 5.97 Å². The fourth-order valence-corrected chi connectivity index (χ4v) is 2.52. The number of hydrogen-bond donors (Lipinski definition) is 2. The number of benzene rings is 2. The number of nitrogens with one attached hydrogen (secondary N) is 1. The zero-order valence-electron chi connectivity index (χ0n) is 14.0. The van der Waals surface area contributed by atoms with Gasteiger partial charge in [-0.05, 0) is 22.6 Å². The summed E-state index contributed by atoms with van der Waals surface area (Å²) in [6.07, 6.45) is 0.602. The summed E-state index contributed by atoms with van der Waals surface area (Å²) in [4.78, 5) is 23.2. The first-order valence-electron chi connectivity index (χ1n) is 8.12. The third-order valence-corrected chi connectivity index (χ3v) is 3.73. The molecule has 0 aliphatic heterocycles. The van der Waals surface area contributed by atoms with E-state index in [-0.39, 0.29) is 18.2 Å². The van der Waals surface area contributed by atoms with Crippen LogP contribution in [0.5, 0.6) is 0 Å². The zero-order valence-corrected chi connectivity index (χ0v) is 14.0. The minimum atomic E-state index is -1.01. The van der Waals surface area contributed by atoms with Crippen molar-refractivity contribution in [3.63, 3.8) is 0 Å². The Hall–Kier alpha value is -2.62. The lowest BCUT2D eigenvalue weighted by molar-refractivity contribution is -0.141. The van der Waals surface area contributed by atoms with Crippen LogP contribution in [0, 0.1) is 5.92 Å². The second kappa shape index (κ2) is 8.29. The van der Waals surface area contributed by atoms with Crippen LogP contribution in [0.15, 0.2) is 54.6 Å². The Morgan fingerprint density at radius 1 is 0.958 bits per heavy atom. The van der Waals surface area contributed by atoms with Crippen molar-refractivity contribution in [3.05, 3.63) is 60.2 Å². The van der Waals surface area contributed by atoms with Gasteiger partial charge in [0.15, 0.2) is 0 Å². The average Bonchev–Trinajstić information content (AvgIpc) is 2.55. The number of amides is 1. The van der Waals surface area contributed by atoms with E-state index in [2.05, 4.69) is 5.32 Å². The molecule has 0 bridgehead atoms. The number of aliphatic carboxylic acids is 1. The van der Waals surface area contributed by atoms with Gasteiger partial charge in [-0.1, -0.05) is 68.4 Å². The first kappa shape index (κ1) is 17.7. The molecule has 1 amide bonds. The monoisotopic (exact) mass is 325 g/mol. The van der Waals surface area contributed by atoms with Gasteiger partial charge in [0.05, 0.1) is 0 Å². The normalized spacial score (nSPS) is 12.0. The smallest absolute Gasteiger partial charge is 0.326 e. The molecule has 4 heteroatoms. The third-order valence-electron chi connectivity index (χ3n) is 3.73. The van der Waals surface area contributed by atoms with Crippen molar-refractivity contribution >= 4 is 11.9 Å². The van der Waals surface area contributed by atoms with Crippen LogP contribution in [0.25, 0.3) is 11.1 Å². The molecule has 0 aliphatic rings. The molecule has 0 radical (unpaired) electrons. The number of carboxylic acid groups (broad SMARTS) is 1. The Labute approximate surface area is 142 Å². The van der Waals surface area contributed by atoms with Crippen molar-refractivity contribution in [1.82, 2.24) is 5.32 Å². The van der Waals surface area contributed by atoms with Crippen molar-refractivity contribution < 1.29 is 14.7 Å². The lowest BCUT2D eigenvalue weighted by atomic mass is 10.0. The van der Waals surface area contributed by atoms with E-state index in [1.165, 1.54) is 0 Å². The Morgan fingerprint density at radius 2 is 1.54 bits per heavy atom. The molecule has 0 heterocycles. The van der Waals surface area contributed by atoms with E-state index >= 15 is 0 Å². The minimum absolute atomic E-state index is 0.199. The van der Waals surface area contributed by atoms with Gasteiger partial charge in [0, 0.05) is 12.8 Å². The standard InChI is InChI=1S/C20H23NO3/c1-14(2)12-19(22)21-18(20(23)24)13-15-8-10-17(11-9-15)16-6-4-3-5-7-16/h3-11,14,18H,12-13H2,1-2H3,(H,21,22)(H,23,24)/t18-/m0/s1. The maximum atomic E-state index is 11.8. The summed E-state index contributed by atoms with van der Waals surface area (Å²) < 4.78 is 0. The molecule has 1 atom stereocenters. The Bertz CT molecular complexity index is 678. The predicted molar refractivity (Wildman–Crippen MR) is 94.6 cm³/mol. The van der Waals surface area contributed by atoms with Crippen LogP contribution in [-0.2, 0) is 16.0 Å². The van der Waals surface area contributed by atoms with Crippen LogP contribution in [0.1, 0.15) is 25.8 Å². The van der Waals surface area contributed by atoms with E-state index in [4.69, 9.17) is 0 Å². The van der Waals surface area contributed by atoms with Crippen molar-refractivity contribution in [2.45, 2.75) is 32.7 Å². The summed E-state index contributed by atoms with van der Waals surface area (Å²) in [6, 6.07) is 16.8. The van der Waals surface area contributed by atoms with E-state index in [0.29, 0.717) is 6.42 Å². The highest BCUT2D eigenvalue weighted by molar-refractivity contribution is 5.83. The van der Waals surface area contributed by atoms with Gasteiger partial charge in [0.2, 0.25) is 5.91 Å². The highest BCUT2D eigenvalue weighted by atomic mass is 16.4. The molecule has 24 heavy (non-hydrogen) atoms. The second-order valence-electron chi connectivity index (χ2n) is 6.32. The van der Waals surface area contributed by atoms with Crippen LogP contribution in [-0.4, -0.2) is 23.0 Å². The van der Waals surface area contributed by atoms with Gasteiger partial charge in [-0.15, -0.1) is 0 Å².